The van der Waals surface area contributed by atoms with E-state index in [9.17, 15) is 9.59 Å². The third-order valence-electron chi connectivity index (χ3n) is 3.47. The van der Waals surface area contributed by atoms with E-state index in [1.165, 1.54) is 0 Å². The summed E-state index contributed by atoms with van der Waals surface area (Å²) < 4.78 is 0. The van der Waals surface area contributed by atoms with Gasteiger partial charge in [-0.1, -0.05) is 12.1 Å². The van der Waals surface area contributed by atoms with E-state index in [2.05, 4.69) is 15.8 Å². The molecule has 2 amide bonds. The predicted molar refractivity (Wildman–Crippen MR) is 71.6 cm³/mol. The maximum atomic E-state index is 11.4. The maximum absolute atomic E-state index is 11.4. The molecule has 0 saturated heterocycles. The Bertz CT molecular complexity index is 642. The average Bonchev–Trinajstić information content (AvgIpc) is 3.22. The number of benzene rings is 1. The van der Waals surface area contributed by atoms with E-state index in [1.54, 1.807) is 18.2 Å². The normalized spacial score (nSPS) is 22.9. The molecule has 6 nitrogen and oxygen atoms in total. The van der Waals surface area contributed by atoms with E-state index < -0.39 is 0 Å². The number of anilines is 1. The lowest BCUT2D eigenvalue weighted by molar-refractivity contribution is -0.122. The van der Waals surface area contributed by atoms with Crippen LogP contribution in [0.25, 0.3) is 0 Å². The number of nitrogens with one attached hydrogen (secondary N) is 2. The maximum Gasteiger partial charge on any atom is 0.243 e. The zero-order valence-electron chi connectivity index (χ0n) is 10.6. The summed E-state index contributed by atoms with van der Waals surface area (Å²) in [5.74, 6) is -0.0378. The molecule has 0 bridgehead atoms. The Balaban J connectivity index is 1.73. The molecule has 100 valence electrons. The molecule has 2 aliphatic rings. The fraction of sp³-hybridized carbons (Fsp3) is 0.286. The molecule has 1 saturated carbocycles. The Morgan fingerprint density at radius 1 is 1.40 bits per heavy atom. The summed E-state index contributed by atoms with van der Waals surface area (Å²) in [4.78, 5) is 22.6. The molecule has 3 rings (SSSR count). The molecular weight excluding hydrogens is 256 g/mol. The van der Waals surface area contributed by atoms with Gasteiger partial charge in [0.2, 0.25) is 11.8 Å². The topological polar surface area (TPSA) is 94.3 Å². The standard InChI is InChI=1S/C14H12N4O2/c15-6-5-12(19)16-9-3-1-8(2-4-9)13-10-7-11(10)14(20)18-17-13/h1-4,10-11H,5,7H2,(H,16,19)(H,18,20). The van der Waals surface area contributed by atoms with Gasteiger partial charge < -0.3 is 5.32 Å². The number of hydrogen-bond acceptors (Lipinski definition) is 4. The van der Waals surface area contributed by atoms with Crippen LogP contribution in [0.5, 0.6) is 0 Å². The fourth-order valence-electron chi connectivity index (χ4n) is 2.35. The van der Waals surface area contributed by atoms with Crippen LogP contribution in [0.15, 0.2) is 29.4 Å². The second-order valence-corrected chi connectivity index (χ2v) is 4.88. The third-order valence-corrected chi connectivity index (χ3v) is 3.47. The highest BCUT2D eigenvalue weighted by Crippen LogP contribution is 2.43. The Labute approximate surface area is 115 Å². The number of amides is 2. The summed E-state index contributed by atoms with van der Waals surface area (Å²) in [6, 6.07) is 9.03. The summed E-state index contributed by atoms with van der Waals surface area (Å²) >= 11 is 0. The highest BCUT2D eigenvalue weighted by atomic mass is 16.2. The summed E-state index contributed by atoms with van der Waals surface area (Å²) in [7, 11) is 0. The second-order valence-electron chi connectivity index (χ2n) is 4.88. The van der Waals surface area contributed by atoms with Crippen molar-refractivity contribution < 1.29 is 9.59 Å². The van der Waals surface area contributed by atoms with E-state index in [4.69, 9.17) is 5.26 Å². The number of nitrogens with zero attached hydrogens (tertiary/aromatic N) is 2. The Morgan fingerprint density at radius 2 is 2.15 bits per heavy atom. The van der Waals surface area contributed by atoms with Gasteiger partial charge in [-0.05, 0) is 24.1 Å². The molecule has 0 spiro atoms. The smallest absolute Gasteiger partial charge is 0.243 e. The first-order valence-corrected chi connectivity index (χ1v) is 6.33. The van der Waals surface area contributed by atoms with Crippen molar-refractivity contribution in [2.45, 2.75) is 12.8 Å². The lowest BCUT2D eigenvalue weighted by Gasteiger charge is -2.12. The minimum absolute atomic E-state index is 0.000799. The molecule has 1 aromatic rings. The van der Waals surface area contributed by atoms with E-state index >= 15 is 0 Å². The molecule has 20 heavy (non-hydrogen) atoms. The van der Waals surface area contributed by atoms with Crippen LogP contribution < -0.4 is 10.7 Å². The first kappa shape index (κ1) is 12.4. The Morgan fingerprint density at radius 3 is 2.85 bits per heavy atom. The number of rotatable bonds is 3. The molecule has 1 aliphatic heterocycles. The lowest BCUT2D eigenvalue weighted by Crippen LogP contribution is -2.28. The molecule has 0 aromatic heterocycles. The number of hydrazone groups is 1. The van der Waals surface area contributed by atoms with E-state index in [0.717, 1.165) is 17.7 Å². The van der Waals surface area contributed by atoms with Crippen LogP contribution in [0.1, 0.15) is 18.4 Å². The summed E-state index contributed by atoms with van der Waals surface area (Å²) in [6.45, 7) is 0. The van der Waals surface area contributed by atoms with Crippen LogP contribution in [0, 0.1) is 23.2 Å². The zero-order valence-corrected chi connectivity index (χ0v) is 10.6. The zero-order chi connectivity index (χ0) is 14.1. The van der Waals surface area contributed by atoms with Crippen LogP contribution in [-0.4, -0.2) is 17.5 Å². The van der Waals surface area contributed by atoms with Gasteiger partial charge in [-0.2, -0.15) is 10.4 Å². The Kier molecular flexibility index (Phi) is 2.95. The van der Waals surface area contributed by atoms with Crippen molar-refractivity contribution in [1.82, 2.24) is 5.43 Å². The SMILES string of the molecule is N#CCC(=O)Nc1ccc(C2=NNC(=O)C3CC23)cc1. The molecule has 1 aliphatic carbocycles. The van der Waals surface area contributed by atoms with Gasteiger partial charge in [-0.25, -0.2) is 5.43 Å². The second kappa shape index (κ2) is 4.78. The summed E-state index contributed by atoms with van der Waals surface area (Å²) in [5, 5.41) is 15.2. The third kappa shape index (κ3) is 2.26. The van der Waals surface area contributed by atoms with Gasteiger partial charge >= 0.3 is 0 Å². The monoisotopic (exact) mass is 268 g/mol. The molecule has 1 heterocycles. The lowest BCUT2D eigenvalue weighted by atomic mass is 10.0. The first-order chi connectivity index (χ1) is 9.69. The van der Waals surface area contributed by atoms with Crippen molar-refractivity contribution in [3.8, 4) is 6.07 Å². The summed E-state index contributed by atoms with van der Waals surface area (Å²) in [5.41, 5.74) is 5.00. The van der Waals surface area contributed by atoms with Crippen molar-refractivity contribution >= 4 is 23.2 Å². The van der Waals surface area contributed by atoms with Crippen molar-refractivity contribution in [3.05, 3.63) is 29.8 Å². The number of fused-ring (bicyclic) bond motifs is 1. The first-order valence-electron chi connectivity index (χ1n) is 6.33. The quantitative estimate of drug-likeness (QED) is 0.856. The molecule has 2 N–H and O–H groups in total. The van der Waals surface area contributed by atoms with Crippen molar-refractivity contribution in [3.63, 3.8) is 0 Å². The minimum Gasteiger partial charge on any atom is -0.325 e. The van der Waals surface area contributed by atoms with Gasteiger partial charge in [-0.3, -0.25) is 9.59 Å². The minimum atomic E-state index is -0.329. The van der Waals surface area contributed by atoms with Crippen LogP contribution in [-0.2, 0) is 9.59 Å². The molecule has 2 unspecified atom stereocenters. The molecule has 1 aromatic carbocycles. The van der Waals surface area contributed by atoms with E-state index in [-0.39, 0.29) is 30.1 Å². The van der Waals surface area contributed by atoms with Crippen molar-refractivity contribution in [2.75, 3.05) is 5.32 Å². The molecule has 1 fully saturated rings. The van der Waals surface area contributed by atoms with Gasteiger partial charge in [0.1, 0.15) is 6.42 Å². The number of carbonyl (C=O) groups is 2. The van der Waals surface area contributed by atoms with Crippen molar-refractivity contribution in [1.29, 1.82) is 5.26 Å². The highest BCUT2D eigenvalue weighted by molar-refractivity contribution is 6.09. The van der Waals surface area contributed by atoms with Crippen molar-refractivity contribution in [2.24, 2.45) is 16.9 Å². The molecular formula is C14H12N4O2. The highest BCUT2D eigenvalue weighted by Gasteiger charge is 2.49. The predicted octanol–water partition coefficient (Wildman–Crippen LogP) is 1.01. The van der Waals surface area contributed by atoms with E-state index in [1.807, 2.05) is 12.1 Å². The van der Waals surface area contributed by atoms with Gasteiger partial charge in [0.05, 0.1) is 11.8 Å². The van der Waals surface area contributed by atoms with Gasteiger partial charge in [0.25, 0.3) is 0 Å². The summed E-state index contributed by atoms with van der Waals surface area (Å²) in [6.07, 6.45) is 0.690. The molecule has 6 heteroatoms. The van der Waals surface area contributed by atoms with Crippen LogP contribution in [0.4, 0.5) is 5.69 Å². The van der Waals surface area contributed by atoms with Gasteiger partial charge in [0, 0.05) is 17.5 Å². The number of carbonyl (C=O) groups excluding carboxylic acids is 2. The Hall–Kier alpha value is -2.68. The van der Waals surface area contributed by atoms with Crippen LogP contribution in [0.3, 0.4) is 0 Å². The number of hydrogen-bond donors (Lipinski definition) is 2. The average molecular weight is 268 g/mol. The fourth-order valence-corrected chi connectivity index (χ4v) is 2.35. The van der Waals surface area contributed by atoms with E-state index in [0.29, 0.717) is 5.69 Å². The molecule has 2 atom stereocenters. The van der Waals surface area contributed by atoms with Gasteiger partial charge in [0.15, 0.2) is 0 Å². The molecule has 0 radical (unpaired) electrons. The van der Waals surface area contributed by atoms with Crippen LogP contribution >= 0.6 is 0 Å². The number of nitriles is 1. The largest absolute Gasteiger partial charge is 0.325 e. The van der Waals surface area contributed by atoms with Gasteiger partial charge in [-0.15, -0.1) is 0 Å². The van der Waals surface area contributed by atoms with Crippen LogP contribution in [0.2, 0.25) is 0 Å².